The zero-order chi connectivity index (χ0) is 17.1. The van der Waals surface area contributed by atoms with E-state index in [1.54, 1.807) is 10.9 Å². The van der Waals surface area contributed by atoms with Crippen molar-refractivity contribution in [3.05, 3.63) is 52.8 Å². The Labute approximate surface area is 144 Å². The summed E-state index contributed by atoms with van der Waals surface area (Å²) < 4.78 is 8.25. The van der Waals surface area contributed by atoms with Crippen LogP contribution in [0.4, 0.5) is 0 Å². The number of hydrogen-bond acceptors (Lipinski definition) is 4. The first-order valence-corrected chi connectivity index (χ1v) is 8.23. The van der Waals surface area contributed by atoms with E-state index in [0.29, 0.717) is 6.54 Å². The highest BCUT2D eigenvalue weighted by Gasteiger charge is 2.43. The van der Waals surface area contributed by atoms with Gasteiger partial charge in [0.15, 0.2) is 0 Å². The van der Waals surface area contributed by atoms with Crippen molar-refractivity contribution in [2.75, 3.05) is 6.54 Å². The fourth-order valence-corrected chi connectivity index (χ4v) is 2.77. The number of ether oxygens (including phenoxy) is 1. The van der Waals surface area contributed by atoms with Crippen molar-refractivity contribution in [3.63, 3.8) is 0 Å². The largest absolute Gasteiger partial charge is 0.459 e. The molecule has 0 aliphatic rings. The van der Waals surface area contributed by atoms with E-state index >= 15 is 0 Å². The SMILES string of the molecule is CC(C)(C)OC(=O)[C@](CN)(Cn1cccn1)c1cccc(Br)c1. The third-order valence-corrected chi connectivity index (χ3v) is 4.00. The van der Waals surface area contributed by atoms with Crippen LogP contribution in [-0.2, 0) is 21.5 Å². The summed E-state index contributed by atoms with van der Waals surface area (Å²) in [6.07, 6.45) is 3.49. The highest BCUT2D eigenvalue weighted by molar-refractivity contribution is 9.10. The molecule has 1 heterocycles. The van der Waals surface area contributed by atoms with Crippen molar-refractivity contribution in [1.29, 1.82) is 0 Å². The quantitative estimate of drug-likeness (QED) is 0.810. The molecule has 0 unspecified atom stereocenters. The van der Waals surface area contributed by atoms with Gasteiger partial charge < -0.3 is 10.5 Å². The Hall–Kier alpha value is -1.66. The Morgan fingerprint density at radius 3 is 2.61 bits per heavy atom. The lowest BCUT2D eigenvalue weighted by molar-refractivity contribution is -0.162. The Morgan fingerprint density at radius 2 is 2.09 bits per heavy atom. The number of nitrogens with two attached hydrogens (primary N) is 1. The van der Waals surface area contributed by atoms with E-state index in [-0.39, 0.29) is 12.5 Å². The molecule has 6 heteroatoms. The van der Waals surface area contributed by atoms with Gasteiger partial charge in [-0.15, -0.1) is 0 Å². The number of benzene rings is 1. The van der Waals surface area contributed by atoms with Crippen LogP contribution in [0.3, 0.4) is 0 Å². The lowest BCUT2D eigenvalue weighted by Gasteiger charge is -2.34. The summed E-state index contributed by atoms with van der Waals surface area (Å²) in [6.45, 7) is 5.99. The van der Waals surface area contributed by atoms with Gasteiger partial charge in [-0.05, 0) is 44.5 Å². The first-order chi connectivity index (χ1) is 10.8. The molecule has 1 atom stereocenters. The second-order valence-corrected chi connectivity index (χ2v) is 7.42. The molecule has 2 N–H and O–H groups in total. The number of nitrogens with zero attached hydrogens (tertiary/aromatic N) is 2. The molecule has 0 bridgehead atoms. The molecular formula is C17H22BrN3O2. The summed E-state index contributed by atoms with van der Waals surface area (Å²) in [5, 5.41) is 4.22. The first kappa shape index (κ1) is 17.7. The molecule has 1 aromatic heterocycles. The second kappa shape index (κ2) is 6.84. The van der Waals surface area contributed by atoms with E-state index in [4.69, 9.17) is 10.5 Å². The number of carbonyl (C=O) groups is 1. The number of esters is 1. The van der Waals surface area contributed by atoms with Gasteiger partial charge in [-0.2, -0.15) is 5.10 Å². The van der Waals surface area contributed by atoms with Gasteiger partial charge in [-0.25, -0.2) is 0 Å². The topological polar surface area (TPSA) is 70.1 Å². The van der Waals surface area contributed by atoms with Crippen LogP contribution in [-0.4, -0.2) is 27.9 Å². The van der Waals surface area contributed by atoms with Crippen molar-refractivity contribution < 1.29 is 9.53 Å². The van der Waals surface area contributed by atoms with Crippen molar-refractivity contribution in [2.24, 2.45) is 5.73 Å². The number of rotatable bonds is 5. The lowest BCUT2D eigenvalue weighted by Crippen LogP contribution is -2.49. The van der Waals surface area contributed by atoms with Crippen molar-refractivity contribution in [2.45, 2.75) is 38.3 Å². The van der Waals surface area contributed by atoms with Gasteiger partial charge in [-0.1, -0.05) is 28.1 Å². The van der Waals surface area contributed by atoms with Crippen LogP contribution >= 0.6 is 15.9 Å². The summed E-state index contributed by atoms with van der Waals surface area (Å²) in [5.74, 6) is -0.346. The molecule has 0 saturated heterocycles. The van der Waals surface area contributed by atoms with E-state index < -0.39 is 11.0 Å². The number of aromatic nitrogens is 2. The third-order valence-electron chi connectivity index (χ3n) is 3.51. The minimum absolute atomic E-state index is 0.123. The normalized spacial score (nSPS) is 14.3. The summed E-state index contributed by atoms with van der Waals surface area (Å²) in [6, 6.07) is 9.41. The van der Waals surface area contributed by atoms with Gasteiger partial charge in [-0.3, -0.25) is 9.48 Å². The molecule has 2 aromatic rings. The van der Waals surface area contributed by atoms with Gasteiger partial charge in [0.1, 0.15) is 11.0 Å². The molecule has 1 aromatic carbocycles. The average Bonchev–Trinajstić information content (AvgIpc) is 2.95. The molecule has 0 amide bonds. The molecule has 0 saturated carbocycles. The number of carbonyl (C=O) groups excluding carboxylic acids is 1. The summed E-state index contributed by atoms with van der Waals surface area (Å²) >= 11 is 3.46. The molecule has 23 heavy (non-hydrogen) atoms. The Kier molecular flexibility index (Phi) is 5.26. The van der Waals surface area contributed by atoms with Crippen LogP contribution in [0.15, 0.2) is 47.2 Å². The van der Waals surface area contributed by atoms with Crippen molar-refractivity contribution >= 4 is 21.9 Å². The summed E-state index contributed by atoms with van der Waals surface area (Å²) in [7, 11) is 0. The molecule has 124 valence electrons. The Balaban J connectivity index is 2.49. The zero-order valence-corrected chi connectivity index (χ0v) is 15.2. The number of hydrogen-bond donors (Lipinski definition) is 1. The standard InChI is InChI=1S/C17H22BrN3O2/c1-16(2,3)23-15(22)17(11-19,12-21-9-5-8-20-21)13-6-4-7-14(18)10-13/h4-10H,11-12,19H2,1-3H3/t17-/m1/s1. The van der Waals surface area contributed by atoms with Crippen LogP contribution in [0.2, 0.25) is 0 Å². The molecule has 0 aliphatic carbocycles. The third kappa shape index (κ3) is 4.20. The molecule has 0 spiro atoms. The molecule has 2 rings (SSSR count). The van der Waals surface area contributed by atoms with Gasteiger partial charge >= 0.3 is 5.97 Å². The van der Waals surface area contributed by atoms with Crippen LogP contribution in [0.1, 0.15) is 26.3 Å². The monoisotopic (exact) mass is 379 g/mol. The van der Waals surface area contributed by atoms with E-state index in [2.05, 4.69) is 21.0 Å². The zero-order valence-electron chi connectivity index (χ0n) is 13.6. The summed E-state index contributed by atoms with van der Waals surface area (Å²) in [4.78, 5) is 13.0. The van der Waals surface area contributed by atoms with Gasteiger partial charge in [0, 0.05) is 23.4 Å². The van der Waals surface area contributed by atoms with Crippen molar-refractivity contribution in [1.82, 2.24) is 9.78 Å². The van der Waals surface area contributed by atoms with E-state index in [1.165, 1.54) is 0 Å². The highest BCUT2D eigenvalue weighted by Crippen LogP contribution is 2.31. The maximum Gasteiger partial charge on any atom is 0.320 e. The minimum Gasteiger partial charge on any atom is -0.459 e. The predicted octanol–water partition coefficient (Wildman–Crippen LogP) is 2.88. The first-order valence-electron chi connectivity index (χ1n) is 7.44. The van der Waals surface area contributed by atoms with Crippen LogP contribution < -0.4 is 5.73 Å². The Morgan fingerprint density at radius 1 is 1.35 bits per heavy atom. The van der Waals surface area contributed by atoms with Gasteiger partial charge in [0.2, 0.25) is 0 Å². The smallest absolute Gasteiger partial charge is 0.320 e. The van der Waals surface area contributed by atoms with E-state index in [0.717, 1.165) is 10.0 Å². The maximum atomic E-state index is 13.0. The fraction of sp³-hybridized carbons (Fsp3) is 0.412. The maximum absolute atomic E-state index is 13.0. The van der Waals surface area contributed by atoms with E-state index in [1.807, 2.05) is 57.3 Å². The van der Waals surface area contributed by atoms with E-state index in [9.17, 15) is 4.79 Å². The fourth-order valence-electron chi connectivity index (χ4n) is 2.37. The second-order valence-electron chi connectivity index (χ2n) is 6.50. The molecule has 0 aliphatic heterocycles. The minimum atomic E-state index is -0.997. The molecule has 0 radical (unpaired) electrons. The predicted molar refractivity (Wildman–Crippen MR) is 92.9 cm³/mol. The summed E-state index contributed by atoms with van der Waals surface area (Å²) in [5.41, 5.74) is 5.29. The van der Waals surface area contributed by atoms with Gasteiger partial charge in [0.05, 0.1) is 6.54 Å². The molecular weight excluding hydrogens is 358 g/mol. The van der Waals surface area contributed by atoms with Crippen molar-refractivity contribution in [3.8, 4) is 0 Å². The average molecular weight is 380 g/mol. The van der Waals surface area contributed by atoms with Crippen LogP contribution in [0.25, 0.3) is 0 Å². The highest BCUT2D eigenvalue weighted by atomic mass is 79.9. The molecule has 0 fully saturated rings. The lowest BCUT2D eigenvalue weighted by atomic mass is 9.80. The Bertz CT molecular complexity index is 665. The number of halogens is 1. The molecule has 5 nitrogen and oxygen atoms in total. The van der Waals surface area contributed by atoms with Crippen LogP contribution in [0.5, 0.6) is 0 Å². The van der Waals surface area contributed by atoms with Crippen LogP contribution in [0, 0.1) is 0 Å². The van der Waals surface area contributed by atoms with Gasteiger partial charge in [0.25, 0.3) is 0 Å².